The van der Waals surface area contributed by atoms with Crippen molar-refractivity contribution in [2.45, 2.75) is 11.5 Å². The van der Waals surface area contributed by atoms with Gasteiger partial charge in [-0.25, -0.2) is 0 Å². The lowest BCUT2D eigenvalue weighted by molar-refractivity contribution is 0.373. The number of phenols is 2. The minimum atomic E-state index is 0.148. The van der Waals surface area contributed by atoms with E-state index in [2.05, 4.69) is 0 Å². The van der Waals surface area contributed by atoms with Crippen molar-refractivity contribution in [1.82, 2.24) is 0 Å². The summed E-state index contributed by atoms with van der Waals surface area (Å²) in [6.07, 6.45) is 0. The molecule has 2 N–H and O–H groups in total. The molecule has 2 aromatic rings. The van der Waals surface area contributed by atoms with Gasteiger partial charge in [0.05, 0.1) is 14.2 Å². The molecule has 4 nitrogen and oxygen atoms in total. The average molecular weight is 306 g/mol. The second-order valence-electron chi connectivity index (χ2n) is 4.51. The molecule has 112 valence electrons. The van der Waals surface area contributed by atoms with E-state index in [-0.39, 0.29) is 11.5 Å². The van der Waals surface area contributed by atoms with Crippen molar-refractivity contribution >= 4 is 11.8 Å². The number of hydrogen-bond acceptors (Lipinski definition) is 5. The second-order valence-corrected chi connectivity index (χ2v) is 5.49. The molecular weight excluding hydrogens is 288 g/mol. The van der Waals surface area contributed by atoms with Crippen molar-refractivity contribution in [2.24, 2.45) is 0 Å². The largest absolute Gasteiger partial charge is 0.504 e. The van der Waals surface area contributed by atoms with Crippen molar-refractivity contribution < 1.29 is 19.7 Å². The molecule has 0 heterocycles. The zero-order valence-electron chi connectivity index (χ0n) is 12.0. The van der Waals surface area contributed by atoms with E-state index in [9.17, 15) is 10.2 Å². The molecule has 0 fully saturated rings. The van der Waals surface area contributed by atoms with Crippen LogP contribution in [0, 0.1) is 0 Å². The zero-order valence-corrected chi connectivity index (χ0v) is 12.8. The minimum absolute atomic E-state index is 0.148. The van der Waals surface area contributed by atoms with Crippen LogP contribution in [-0.4, -0.2) is 24.4 Å². The Labute approximate surface area is 128 Å². The Morgan fingerprint density at radius 3 is 1.62 bits per heavy atom. The third-order valence-electron chi connectivity index (χ3n) is 3.03. The Morgan fingerprint density at radius 1 is 0.810 bits per heavy atom. The van der Waals surface area contributed by atoms with Crippen molar-refractivity contribution in [3.63, 3.8) is 0 Å². The van der Waals surface area contributed by atoms with Crippen LogP contribution >= 0.6 is 11.8 Å². The maximum absolute atomic E-state index is 9.55. The lowest BCUT2D eigenvalue weighted by Gasteiger charge is -2.08. The third-order valence-corrected chi connectivity index (χ3v) is 4.10. The normalized spacial score (nSPS) is 10.4. The number of benzene rings is 2. The predicted octanol–water partition coefficient (Wildman–Crippen LogP) is 3.55. The SMILES string of the molecule is COc1cc(CSCc2ccc(O)c(OC)c2)ccc1O. The third kappa shape index (κ3) is 3.98. The van der Waals surface area contributed by atoms with E-state index in [1.165, 1.54) is 14.2 Å². The maximum Gasteiger partial charge on any atom is 0.160 e. The molecule has 0 aromatic heterocycles. The fourth-order valence-corrected chi connectivity index (χ4v) is 2.84. The van der Waals surface area contributed by atoms with Crippen LogP contribution in [0.2, 0.25) is 0 Å². The highest BCUT2D eigenvalue weighted by atomic mass is 32.2. The number of phenolic OH excluding ortho intramolecular Hbond substituents is 2. The molecule has 0 saturated carbocycles. The van der Waals surface area contributed by atoms with Crippen LogP contribution in [0.3, 0.4) is 0 Å². The van der Waals surface area contributed by atoms with Crippen LogP contribution in [0.15, 0.2) is 36.4 Å². The molecule has 0 amide bonds. The molecule has 0 saturated heterocycles. The summed E-state index contributed by atoms with van der Waals surface area (Å²) in [5.74, 6) is 2.88. The van der Waals surface area contributed by atoms with Crippen LogP contribution in [-0.2, 0) is 11.5 Å². The van der Waals surface area contributed by atoms with Crippen molar-refractivity contribution in [3.8, 4) is 23.0 Å². The summed E-state index contributed by atoms with van der Waals surface area (Å²) in [6, 6.07) is 10.7. The Bertz CT molecular complexity index is 560. The summed E-state index contributed by atoms with van der Waals surface area (Å²) in [5, 5.41) is 19.1. The molecule has 0 atom stereocenters. The van der Waals surface area contributed by atoms with Gasteiger partial charge in [0.25, 0.3) is 0 Å². The quantitative estimate of drug-likeness (QED) is 0.854. The van der Waals surface area contributed by atoms with Crippen molar-refractivity contribution in [2.75, 3.05) is 14.2 Å². The number of methoxy groups -OCH3 is 2. The molecule has 0 radical (unpaired) electrons. The van der Waals surface area contributed by atoms with Gasteiger partial charge in [0.2, 0.25) is 0 Å². The highest BCUT2D eigenvalue weighted by molar-refractivity contribution is 7.97. The lowest BCUT2D eigenvalue weighted by Crippen LogP contribution is -1.89. The fourth-order valence-electron chi connectivity index (χ4n) is 1.91. The number of aromatic hydroxyl groups is 2. The Balaban J connectivity index is 1.95. The first-order valence-corrected chi connectivity index (χ1v) is 7.59. The van der Waals surface area contributed by atoms with Crippen LogP contribution in [0.25, 0.3) is 0 Å². The summed E-state index contributed by atoms with van der Waals surface area (Å²) >= 11 is 1.74. The first-order valence-electron chi connectivity index (χ1n) is 6.43. The van der Waals surface area contributed by atoms with Gasteiger partial charge >= 0.3 is 0 Å². The van der Waals surface area contributed by atoms with Crippen molar-refractivity contribution in [3.05, 3.63) is 47.5 Å². The molecular formula is C16H18O4S. The summed E-state index contributed by atoms with van der Waals surface area (Å²) in [6.45, 7) is 0. The van der Waals surface area contributed by atoms with Gasteiger partial charge in [-0.1, -0.05) is 12.1 Å². The smallest absolute Gasteiger partial charge is 0.160 e. The van der Waals surface area contributed by atoms with Gasteiger partial charge in [0.1, 0.15) is 0 Å². The highest BCUT2D eigenvalue weighted by Gasteiger charge is 2.05. The van der Waals surface area contributed by atoms with E-state index < -0.39 is 0 Å². The van der Waals surface area contributed by atoms with Gasteiger partial charge in [-0.3, -0.25) is 0 Å². The van der Waals surface area contributed by atoms with Crippen LogP contribution in [0.5, 0.6) is 23.0 Å². The number of ether oxygens (including phenoxy) is 2. The summed E-state index contributed by atoms with van der Waals surface area (Å²) in [7, 11) is 3.07. The maximum atomic E-state index is 9.55. The van der Waals surface area contributed by atoms with E-state index in [0.717, 1.165) is 22.6 Å². The predicted molar refractivity (Wildman–Crippen MR) is 84.3 cm³/mol. The summed E-state index contributed by atoms with van der Waals surface area (Å²) in [5.41, 5.74) is 2.17. The first-order chi connectivity index (χ1) is 10.1. The Hall–Kier alpha value is -2.01. The van der Waals surface area contributed by atoms with Gasteiger partial charge < -0.3 is 19.7 Å². The zero-order chi connectivity index (χ0) is 15.2. The topological polar surface area (TPSA) is 58.9 Å². The Morgan fingerprint density at radius 2 is 1.24 bits per heavy atom. The number of thioether (sulfide) groups is 1. The standard InChI is InChI=1S/C16H18O4S/c1-19-15-7-11(3-5-13(15)17)9-21-10-12-4-6-14(18)16(8-12)20-2/h3-8,17-18H,9-10H2,1-2H3. The lowest BCUT2D eigenvalue weighted by atomic mass is 10.2. The molecule has 2 aromatic carbocycles. The molecule has 0 aliphatic carbocycles. The van der Waals surface area contributed by atoms with Crippen LogP contribution in [0.1, 0.15) is 11.1 Å². The number of rotatable bonds is 6. The van der Waals surface area contributed by atoms with Gasteiger partial charge in [0.15, 0.2) is 23.0 Å². The first kappa shape index (κ1) is 15.4. The number of hydrogen-bond donors (Lipinski definition) is 2. The Kier molecular flexibility index (Phi) is 5.22. The van der Waals surface area contributed by atoms with Gasteiger partial charge in [0, 0.05) is 11.5 Å². The van der Waals surface area contributed by atoms with Gasteiger partial charge in [-0.05, 0) is 35.4 Å². The molecule has 2 rings (SSSR count). The monoisotopic (exact) mass is 306 g/mol. The van der Waals surface area contributed by atoms with E-state index in [4.69, 9.17) is 9.47 Å². The molecule has 0 bridgehead atoms. The van der Waals surface area contributed by atoms with Crippen molar-refractivity contribution in [1.29, 1.82) is 0 Å². The van der Waals surface area contributed by atoms with E-state index in [1.807, 2.05) is 24.3 Å². The van der Waals surface area contributed by atoms with Crippen LogP contribution < -0.4 is 9.47 Å². The van der Waals surface area contributed by atoms with Gasteiger partial charge in [-0.2, -0.15) is 11.8 Å². The minimum Gasteiger partial charge on any atom is -0.504 e. The second kappa shape index (κ2) is 7.13. The summed E-state index contributed by atoms with van der Waals surface area (Å²) in [4.78, 5) is 0. The molecule has 0 spiro atoms. The molecule has 0 aliphatic rings. The fraction of sp³-hybridized carbons (Fsp3) is 0.250. The molecule has 0 unspecified atom stereocenters. The summed E-state index contributed by atoms with van der Waals surface area (Å²) < 4.78 is 10.2. The van der Waals surface area contributed by atoms with E-state index >= 15 is 0 Å². The van der Waals surface area contributed by atoms with E-state index in [1.54, 1.807) is 23.9 Å². The van der Waals surface area contributed by atoms with Crippen LogP contribution in [0.4, 0.5) is 0 Å². The average Bonchev–Trinajstić information content (AvgIpc) is 2.50. The molecule has 5 heteroatoms. The van der Waals surface area contributed by atoms with E-state index in [0.29, 0.717) is 11.5 Å². The van der Waals surface area contributed by atoms with Gasteiger partial charge in [-0.15, -0.1) is 0 Å². The molecule has 0 aliphatic heterocycles. The highest BCUT2D eigenvalue weighted by Crippen LogP contribution is 2.30. The molecule has 21 heavy (non-hydrogen) atoms.